The number of nitrogens with one attached hydrogen (secondary N) is 1. The summed E-state index contributed by atoms with van der Waals surface area (Å²) in [5.74, 6) is 0.550. The van der Waals surface area contributed by atoms with Gasteiger partial charge in [0.2, 0.25) is 5.95 Å². The Kier molecular flexibility index (Phi) is 2.88. The highest BCUT2D eigenvalue weighted by Crippen LogP contribution is 2.29. The number of fused-ring (bicyclic) bond motifs is 1. The number of aryl methyl sites for hydroxylation is 1. The molecule has 2 aromatic rings. The molecule has 0 bridgehead atoms. The number of aromatic nitrogens is 2. The van der Waals surface area contributed by atoms with Gasteiger partial charge in [-0.3, -0.25) is 0 Å². The average Bonchev–Trinajstić information content (AvgIpc) is 2.56. The van der Waals surface area contributed by atoms with Crippen molar-refractivity contribution in [1.82, 2.24) is 9.97 Å². The first-order valence-electron chi connectivity index (χ1n) is 4.49. The van der Waals surface area contributed by atoms with E-state index in [2.05, 4.69) is 21.9 Å². The first-order valence-corrected chi connectivity index (χ1v) is 5.68. The standard InChI is InChI=1S/C10H10ClN3S/c1-3-4-12-10-13-8(11)7-5-6(2)15-9(7)14-10/h3,5H,1,4H2,2H3,(H,12,13,14). The monoisotopic (exact) mass is 239 g/mol. The van der Waals surface area contributed by atoms with E-state index >= 15 is 0 Å². The quantitative estimate of drug-likeness (QED) is 0.660. The van der Waals surface area contributed by atoms with Crippen LogP contribution in [0.5, 0.6) is 0 Å². The van der Waals surface area contributed by atoms with Crippen molar-refractivity contribution in [3.05, 3.63) is 28.8 Å². The molecule has 1 N–H and O–H groups in total. The van der Waals surface area contributed by atoms with Gasteiger partial charge in [-0.1, -0.05) is 17.7 Å². The Balaban J connectivity index is 2.46. The molecule has 2 rings (SSSR count). The molecule has 0 radical (unpaired) electrons. The molecule has 78 valence electrons. The van der Waals surface area contributed by atoms with Gasteiger partial charge in [0.1, 0.15) is 9.98 Å². The van der Waals surface area contributed by atoms with Crippen molar-refractivity contribution in [1.29, 1.82) is 0 Å². The predicted octanol–water partition coefficient (Wildman–Crippen LogP) is 3.25. The largest absolute Gasteiger partial charge is 0.351 e. The highest BCUT2D eigenvalue weighted by atomic mass is 35.5. The minimum absolute atomic E-state index is 0.496. The van der Waals surface area contributed by atoms with Crippen LogP contribution in [0, 0.1) is 6.92 Å². The third-order valence-electron chi connectivity index (χ3n) is 1.87. The molecule has 0 amide bonds. The molecule has 2 aromatic heterocycles. The fraction of sp³-hybridized carbons (Fsp3) is 0.200. The van der Waals surface area contributed by atoms with E-state index in [0.717, 1.165) is 10.2 Å². The number of nitrogens with zero attached hydrogens (tertiary/aromatic N) is 2. The summed E-state index contributed by atoms with van der Waals surface area (Å²) >= 11 is 7.66. The molecular weight excluding hydrogens is 230 g/mol. The molecule has 0 atom stereocenters. The van der Waals surface area contributed by atoms with Crippen LogP contribution in [-0.2, 0) is 0 Å². The Labute approximate surface area is 96.8 Å². The van der Waals surface area contributed by atoms with Gasteiger partial charge in [-0.15, -0.1) is 17.9 Å². The maximum absolute atomic E-state index is 6.04. The van der Waals surface area contributed by atoms with Crippen LogP contribution in [0.25, 0.3) is 10.2 Å². The van der Waals surface area contributed by atoms with E-state index in [-0.39, 0.29) is 0 Å². The van der Waals surface area contributed by atoms with Crippen LogP contribution in [0.4, 0.5) is 5.95 Å². The Morgan fingerprint density at radius 3 is 3.13 bits per heavy atom. The molecule has 0 saturated carbocycles. The lowest BCUT2D eigenvalue weighted by molar-refractivity contribution is 1.16. The topological polar surface area (TPSA) is 37.8 Å². The Morgan fingerprint density at radius 1 is 1.60 bits per heavy atom. The Hall–Kier alpha value is -1.13. The summed E-state index contributed by atoms with van der Waals surface area (Å²) in [6.07, 6.45) is 1.75. The number of hydrogen-bond acceptors (Lipinski definition) is 4. The molecule has 0 unspecified atom stereocenters. The van der Waals surface area contributed by atoms with Crippen molar-refractivity contribution in [3.8, 4) is 0 Å². The fourth-order valence-corrected chi connectivity index (χ4v) is 2.41. The van der Waals surface area contributed by atoms with Gasteiger partial charge < -0.3 is 5.32 Å². The average molecular weight is 240 g/mol. The number of hydrogen-bond donors (Lipinski definition) is 1. The lowest BCUT2D eigenvalue weighted by atomic mass is 10.4. The fourth-order valence-electron chi connectivity index (χ4n) is 1.25. The van der Waals surface area contributed by atoms with Crippen LogP contribution in [0.3, 0.4) is 0 Å². The number of thiophene rings is 1. The van der Waals surface area contributed by atoms with Crippen molar-refractivity contribution in [2.75, 3.05) is 11.9 Å². The normalized spacial score (nSPS) is 10.5. The summed E-state index contributed by atoms with van der Waals surface area (Å²) in [5, 5.41) is 4.43. The third kappa shape index (κ3) is 2.11. The Bertz CT molecular complexity index is 507. The summed E-state index contributed by atoms with van der Waals surface area (Å²) in [4.78, 5) is 10.6. The number of halogens is 1. The van der Waals surface area contributed by atoms with Gasteiger partial charge >= 0.3 is 0 Å². The van der Waals surface area contributed by atoms with Crippen molar-refractivity contribution in [2.45, 2.75) is 6.92 Å². The van der Waals surface area contributed by atoms with Gasteiger partial charge in [0.15, 0.2) is 0 Å². The second-order valence-corrected chi connectivity index (χ2v) is 4.68. The maximum Gasteiger partial charge on any atom is 0.225 e. The van der Waals surface area contributed by atoms with Gasteiger partial charge in [0, 0.05) is 16.8 Å². The second kappa shape index (κ2) is 4.16. The van der Waals surface area contributed by atoms with Crippen LogP contribution < -0.4 is 5.32 Å². The van der Waals surface area contributed by atoms with Crippen molar-refractivity contribution in [2.24, 2.45) is 0 Å². The van der Waals surface area contributed by atoms with Gasteiger partial charge in [0.05, 0.1) is 0 Å². The van der Waals surface area contributed by atoms with Gasteiger partial charge in [-0.25, -0.2) is 9.97 Å². The highest BCUT2D eigenvalue weighted by Gasteiger charge is 2.07. The zero-order chi connectivity index (χ0) is 10.8. The molecule has 0 aromatic carbocycles. The number of rotatable bonds is 3. The zero-order valence-corrected chi connectivity index (χ0v) is 9.82. The third-order valence-corrected chi connectivity index (χ3v) is 3.11. The lowest BCUT2D eigenvalue weighted by Crippen LogP contribution is -2.02. The van der Waals surface area contributed by atoms with Gasteiger partial charge in [0.25, 0.3) is 0 Å². The predicted molar refractivity (Wildman–Crippen MR) is 65.8 cm³/mol. The number of anilines is 1. The van der Waals surface area contributed by atoms with Crippen LogP contribution in [0.2, 0.25) is 5.15 Å². The molecule has 2 heterocycles. The first-order chi connectivity index (χ1) is 7.20. The molecule has 0 aliphatic carbocycles. The van der Waals surface area contributed by atoms with Crippen molar-refractivity contribution >= 4 is 39.1 Å². The molecule has 15 heavy (non-hydrogen) atoms. The summed E-state index contributed by atoms with van der Waals surface area (Å²) in [6, 6.07) is 2.00. The second-order valence-electron chi connectivity index (χ2n) is 3.08. The van der Waals surface area contributed by atoms with E-state index < -0.39 is 0 Å². The molecule has 0 aliphatic heterocycles. The molecule has 0 spiro atoms. The van der Waals surface area contributed by atoms with E-state index in [1.807, 2.05) is 13.0 Å². The summed E-state index contributed by atoms with van der Waals surface area (Å²) in [5.41, 5.74) is 0. The van der Waals surface area contributed by atoms with E-state index in [4.69, 9.17) is 11.6 Å². The van der Waals surface area contributed by atoms with Crippen LogP contribution in [0.1, 0.15) is 4.88 Å². The smallest absolute Gasteiger partial charge is 0.225 e. The van der Waals surface area contributed by atoms with E-state index in [1.165, 1.54) is 4.88 Å². The molecule has 0 fully saturated rings. The van der Waals surface area contributed by atoms with E-state index in [9.17, 15) is 0 Å². The zero-order valence-electron chi connectivity index (χ0n) is 8.25. The first kappa shape index (κ1) is 10.4. The van der Waals surface area contributed by atoms with Gasteiger partial charge in [-0.2, -0.15) is 0 Å². The van der Waals surface area contributed by atoms with Gasteiger partial charge in [-0.05, 0) is 13.0 Å². The van der Waals surface area contributed by atoms with Crippen molar-refractivity contribution < 1.29 is 0 Å². The summed E-state index contributed by atoms with van der Waals surface area (Å²) in [7, 11) is 0. The molecule has 0 aliphatic rings. The minimum atomic E-state index is 0.496. The molecule has 3 nitrogen and oxygen atoms in total. The van der Waals surface area contributed by atoms with E-state index in [1.54, 1.807) is 17.4 Å². The van der Waals surface area contributed by atoms with Crippen LogP contribution in [0.15, 0.2) is 18.7 Å². The maximum atomic E-state index is 6.04. The molecule has 0 saturated heterocycles. The summed E-state index contributed by atoms with van der Waals surface area (Å²) < 4.78 is 0. The van der Waals surface area contributed by atoms with Crippen molar-refractivity contribution in [3.63, 3.8) is 0 Å². The summed E-state index contributed by atoms with van der Waals surface area (Å²) in [6.45, 7) is 6.27. The molecule has 5 heteroatoms. The van der Waals surface area contributed by atoms with E-state index in [0.29, 0.717) is 17.6 Å². The van der Waals surface area contributed by atoms with Crippen LogP contribution in [-0.4, -0.2) is 16.5 Å². The van der Waals surface area contributed by atoms with Crippen LogP contribution >= 0.6 is 22.9 Å². The SMILES string of the molecule is C=CCNc1nc(Cl)c2cc(C)sc2n1. The molecular formula is C10H10ClN3S. The lowest BCUT2D eigenvalue weighted by Gasteiger charge is -2.01. The highest BCUT2D eigenvalue weighted by molar-refractivity contribution is 7.18. The minimum Gasteiger partial charge on any atom is -0.351 e. The Morgan fingerprint density at radius 2 is 2.40 bits per heavy atom.